The number of rotatable bonds is 3. The number of benzene rings is 2. The zero-order chi connectivity index (χ0) is 15.5. The van der Waals surface area contributed by atoms with Gasteiger partial charge in [0.2, 0.25) is 0 Å². The van der Waals surface area contributed by atoms with E-state index in [-0.39, 0.29) is 11.9 Å². The molecule has 22 heavy (non-hydrogen) atoms. The van der Waals surface area contributed by atoms with Gasteiger partial charge in [-0.2, -0.15) is 0 Å². The van der Waals surface area contributed by atoms with Gasteiger partial charge in [-0.3, -0.25) is 4.79 Å². The van der Waals surface area contributed by atoms with Crippen LogP contribution in [-0.2, 0) is 11.2 Å². The highest BCUT2D eigenvalue weighted by atomic mass is 19.1. The summed E-state index contributed by atoms with van der Waals surface area (Å²) in [6, 6.07) is 13.3. The molecule has 2 aromatic rings. The number of amides is 1. The summed E-state index contributed by atoms with van der Waals surface area (Å²) in [5.41, 5.74) is 2.45. The number of carbonyl (C=O) groups is 1. The third-order valence-corrected chi connectivity index (χ3v) is 4.10. The third-order valence-electron chi connectivity index (χ3n) is 4.10. The SMILES string of the molecule is O=C(NC1CCCc2cc(F)ccc21)C(O)c1ccccc1. The zero-order valence-electron chi connectivity index (χ0n) is 12.1. The van der Waals surface area contributed by atoms with Crippen LogP contribution in [0.15, 0.2) is 48.5 Å². The molecule has 0 fully saturated rings. The lowest BCUT2D eigenvalue weighted by Gasteiger charge is -2.27. The Balaban J connectivity index is 1.76. The van der Waals surface area contributed by atoms with Crippen LogP contribution in [0.25, 0.3) is 0 Å². The van der Waals surface area contributed by atoms with Gasteiger partial charge in [0.25, 0.3) is 5.91 Å². The highest BCUT2D eigenvalue weighted by Crippen LogP contribution is 2.30. The number of aryl methyl sites for hydroxylation is 1. The van der Waals surface area contributed by atoms with Gasteiger partial charge in [-0.15, -0.1) is 0 Å². The standard InChI is InChI=1S/C18H18FNO2/c19-14-9-10-15-13(11-14)7-4-8-16(15)20-18(22)17(21)12-5-2-1-3-6-12/h1-3,5-6,9-11,16-17,21H,4,7-8H2,(H,20,22). The fourth-order valence-corrected chi connectivity index (χ4v) is 2.97. The second-order valence-electron chi connectivity index (χ2n) is 5.61. The van der Waals surface area contributed by atoms with Gasteiger partial charge < -0.3 is 10.4 Å². The average Bonchev–Trinajstić information content (AvgIpc) is 2.55. The first-order chi connectivity index (χ1) is 10.6. The molecule has 1 aliphatic rings. The second-order valence-corrected chi connectivity index (χ2v) is 5.61. The van der Waals surface area contributed by atoms with Crippen LogP contribution in [0.4, 0.5) is 4.39 Å². The molecule has 114 valence electrons. The average molecular weight is 299 g/mol. The van der Waals surface area contributed by atoms with Gasteiger partial charge in [-0.25, -0.2) is 4.39 Å². The Bertz CT molecular complexity index is 672. The lowest BCUT2D eigenvalue weighted by Crippen LogP contribution is -2.34. The second kappa shape index (κ2) is 6.28. The van der Waals surface area contributed by atoms with Crippen LogP contribution in [0.5, 0.6) is 0 Å². The number of aliphatic hydroxyl groups is 1. The minimum absolute atomic E-state index is 0.171. The largest absolute Gasteiger partial charge is 0.378 e. The summed E-state index contributed by atoms with van der Waals surface area (Å²) >= 11 is 0. The monoisotopic (exact) mass is 299 g/mol. The minimum atomic E-state index is -1.19. The molecule has 0 saturated carbocycles. The van der Waals surface area contributed by atoms with Gasteiger partial charge in [-0.1, -0.05) is 36.4 Å². The van der Waals surface area contributed by atoms with Crippen molar-refractivity contribution in [3.8, 4) is 0 Å². The number of carbonyl (C=O) groups excluding carboxylic acids is 1. The molecule has 2 unspecified atom stereocenters. The molecule has 3 nitrogen and oxygen atoms in total. The Morgan fingerprint density at radius 3 is 2.77 bits per heavy atom. The Morgan fingerprint density at radius 1 is 1.23 bits per heavy atom. The molecule has 0 aromatic heterocycles. The van der Waals surface area contributed by atoms with Gasteiger partial charge >= 0.3 is 0 Å². The van der Waals surface area contributed by atoms with E-state index < -0.39 is 12.0 Å². The highest BCUT2D eigenvalue weighted by molar-refractivity contribution is 5.82. The van der Waals surface area contributed by atoms with Gasteiger partial charge in [0, 0.05) is 0 Å². The summed E-state index contributed by atoms with van der Waals surface area (Å²) in [7, 11) is 0. The van der Waals surface area contributed by atoms with E-state index in [1.54, 1.807) is 30.3 Å². The van der Waals surface area contributed by atoms with E-state index in [2.05, 4.69) is 5.32 Å². The van der Waals surface area contributed by atoms with Crippen LogP contribution >= 0.6 is 0 Å². The molecule has 0 saturated heterocycles. The molecular formula is C18H18FNO2. The molecule has 4 heteroatoms. The van der Waals surface area contributed by atoms with Crippen LogP contribution < -0.4 is 5.32 Å². The number of halogens is 1. The van der Waals surface area contributed by atoms with E-state index >= 15 is 0 Å². The lowest BCUT2D eigenvalue weighted by molar-refractivity contribution is -0.130. The molecule has 2 atom stereocenters. The Labute approximate surface area is 128 Å². The Morgan fingerprint density at radius 2 is 2.00 bits per heavy atom. The first kappa shape index (κ1) is 14.7. The zero-order valence-corrected chi connectivity index (χ0v) is 12.1. The molecule has 0 radical (unpaired) electrons. The fraction of sp³-hybridized carbons (Fsp3) is 0.278. The minimum Gasteiger partial charge on any atom is -0.378 e. The molecule has 0 heterocycles. The predicted molar refractivity (Wildman–Crippen MR) is 81.6 cm³/mol. The summed E-state index contributed by atoms with van der Waals surface area (Å²) in [6.07, 6.45) is 1.32. The molecule has 0 spiro atoms. The quantitative estimate of drug-likeness (QED) is 0.915. The molecule has 0 aliphatic heterocycles. The van der Waals surface area contributed by atoms with E-state index in [1.807, 2.05) is 6.07 Å². The van der Waals surface area contributed by atoms with Crippen LogP contribution in [0, 0.1) is 5.82 Å². The molecule has 3 rings (SSSR count). The number of hydrogen-bond acceptors (Lipinski definition) is 2. The van der Waals surface area contributed by atoms with Crippen molar-refractivity contribution in [2.45, 2.75) is 31.4 Å². The van der Waals surface area contributed by atoms with Crippen molar-refractivity contribution in [3.05, 3.63) is 71.0 Å². The maximum absolute atomic E-state index is 13.3. The summed E-state index contributed by atoms with van der Waals surface area (Å²) < 4.78 is 13.3. The molecule has 0 bridgehead atoms. The topological polar surface area (TPSA) is 49.3 Å². The van der Waals surface area contributed by atoms with E-state index in [1.165, 1.54) is 12.1 Å². The number of aliphatic hydroxyl groups excluding tert-OH is 1. The molecule has 2 N–H and O–H groups in total. The first-order valence-electron chi connectivity index (χ1n) is 7.47. The molecular weight excluding hydrogens is 281 g/mol. The highest BCUT2D eigenvalue weighted by Gasteiger charge is 2.25. The third kappa shape index (κ3) is 3.02. The van der Waals surface area contributed by atoms with Crippen molar-refractivity contribution in [1.29, 1.82) is 0 Å². The van der Waals surface area contributed by atoms with Gasteiger partial charge in [0.15, 0.2) is 6.10 Å². The van der Waals surface area contributed by atoms with E-state index in [9.17, 15) is 14.3 Å². The summed E-state index contributed by atoms with van der Waals surface area (Å²) in [6.45, 7) is 0. The van der Waals surface area contributed by atoms with Crippen molar-refractivity contribution in [1.82, 2.24) is 5.32 Å². The number of nitrogens with one attached hydrogen (secondary N) is 1. The van der Waals surface area contributed by atoms with Crippen LogP contribution in [0.1, 0.15) is 41.7 Å². The van der Waals surface area contributed by atoms with Crippen LogP contribution in [0.3, 0.4) is 0 Å². The van der Waals surface area contributed by atoms with Crippen molar-refractivity contribution in [2.75, 3.05) is 0 Å². The maximum Gasteiger partial charge on any atom is 0.253 e. The Hall–Kier alpha value is -2.20. The van der Waals surface area contributed by atoms with E-state index in [4.69, 9.17) is 0 Å². The van der Waals surface area contributed by atoms with Gasteiger partial charge in [0.1, 0.15) is 5.82 Å². The van der Waals surface area contributed by atoms with E-state index in [0.29, 0.717) is 5.56 Å². The van der Waals surface area contributed by atoms with Gasteiger partial charge in [-0.05, 0) is 48.1 Å². The predicted octanol–water partition coefficient (Wildman–Crippen LogP) is 3.05. The molecule has 1 aliphatic carbocycles. The first-order valence-corrected chi connectivity index (χ1v) is 7.47. The van der Waals surface area contributed by atoms with E-state index in [0.717, 1.165) is 30.4 Å². The lowest BCUT2D eigenvalue weighted by atomic mass is 9.87. The normalized spacial score (nSPS) is 18.4. The fourth-order valence-electron chi connectivity index (χ4n) is 2.97. The summed E-state index contributed by atoms with van der Waals surface area (Å²) in [4.78, 5) is 12.3. The Kier molecular flexibility index (Phi) is 4.20. The maximum atomic E-state index is 13.3. The van der Waals surface area contributed by atoms with Crippen molar-refractivity contribution in [2.24, 2.45) is 0 Å². The van der Waals surface area contributed by atoms with Crippen molar-refractivity contribution in [3.63, 3.8) is 0 Å². The molecule has 2 aromatic carbocycles. The molecule has 1 amide bonds. The smallest absolute Gasteiger partial charge is 0.253 e. The summed E-state index contributed by atoms with van der Waals surface area (Å²) in [5, 5.41) is 13.0. The summed E-state index contributed by atoms with van der Waals surface area (Å²) in [5.74, 6) is -0.677. The number of hydrogen-bond donors (Lipinski definition) is 2. The number of fused-ring (bicyclic) bond motifs is 1. The van der Waals surface area contributed by atoms with Crippen molar-refractivity contribution >= 4 is 5.91 Å². The van der Waals surface area contributed by atoms with Crippen LogP contribution in [-0.4, -0.2) is 11.0 Å². The van der Waals surface area contributed by atoms with Gasteiger partial charge in [0.05, 0.1) is 6.04 Å². The van der Waals surface area contributed by atoms with Crippen molar-refractivity contribution < 1.29 is 14.3 Å². The van der Waals surface area contributed by atoms with Crippen LogP contribution in [0.2, 0.25) is 0 Å².